The average molecular weight is 249 g/mol. The lowest BCUT2D eigenvalue weighted by Gasteiger charge is -2.25. The summed E-state index contributed by atoms with van der Waals surface area (Å²) in [5, 5.41) is 0. The zero-order valence-electron chi connectivity index (χ0n) is 9.97. The molecule has 1 saturated heterocycles. The van der Waals surface area contributed by atoms with E-state index in [0.29, 0.717) is 6.42 Å². The summed E-state index contributed by atoms with van der Waals surface area (Å²) in [6.45, 7) is 1.90. The smallest absolute Gasteiger partial charge is 0.305 e. The molecule has 1 fully saturated rings. The van der Waals surface area contributed by atoms with Crippen molar-refractivity contribution in [3.8, 4) is 0 Å². The van der Waals surface area contributed by atoms with Crippen LogP contribution >= 0.6 is 0 Å². The molecule has 6 heteroatoms. The number of sulfonamides is 1. The topological polar surface area (TPSA) is 63.7 Å². The van der Waals surface area contributed by atoms with Crippen LogP contribution in [0.4, 0.5) is 0 Å². The molecule has 5 nitrogen and oxygen atoms in total. The summed E-state index contributed by atoms with van der Waals surface area (Å²) >= 11 is 0. The summed E-state index contributed by atoms with van der Waals surface area (Å²) < 4.78 is 29.2. The Morgan fingerprint density at radius 3 is 2.56 bits per heavy atom. The van der Waals surface area contributed by atoms with Gasteiger partial charge in [0.15, 0.2) is 0 Å². The minimum atomic E-state index is -3.17. The third-order valence-corrected chi connectivity index (χ3v) is 4.43. The Morgan fingerprint density at radius 1 is 1.44 bits per heavy atom. The summed E-state index contributed by atoms with van der Waals surface area (Å²) in [4.78, 5) is 11.0. The first-order valence-corrected chi connectivity index (χ1v) is 7.26. The van der Waals surface area contributed by atoms with Gasteiger partial charge in [-0.25, -0.2) is 8.42 Å². The Hall–Kier alpha value is -0.620. The highest BCUT2D eigenvalue weighted by Gasteiger charge is 2.36. The standard InChI is InChI=1S/C10H19NO4S/c1-8-4-5-9(6-7-10(12)15-2)11(8)16(3,13)14/h8-9H,4-7H2,1-3H3. The summed E-state index contributed by atoms with van der Waals surface area (Å²) in [5.74, 6) is -0.284. The molecule has 1 aliphatic heterocycles. The average Bonchev–Trinajstić information content (AvgIpc) is 2.55. The van der Waals surface area contributed by atoms with Crippen molar-refractivity contribution in [2.75, 3.05) is 13.4 Å². The number of methoxy groups -OCH3 is 1. The lowest BCUT2D eigenvalue weighted by molar-refractivity contribution is -0.140. The van der Waals surface area contributed by atoms with Crippen LogP contribution in [-0.4, -0.2) is 44.1 Å². The summed E-state index contributed by atoms with van der Waals surface area (Å²) in [7, 11) is -1.83. The number of rotatable bonds is 4. The lowest BCUT2D eigenvalue weighted by Crippen LogP contribution is -2.39. The fraction of sp³-hybridized carbons (Fsp3) is 0.900. The van der Waals surface area contributed by atoms with Gasteiger partial charge in [-0.1, -0.05) is 0 Å². The predicted octanol–water partition coefficient (Wildman–Crippen LogP) is 0.752. The molecule has 16 heavy (non-hydrogen) atoms. The number of hydrogen-bond donors (Lipinski definition) is 0. The maximum Gasteiger partial charge on any atom is 0.305 e. The van der Waals surface area contributed by atoms with E-state index in [1.807, 2.05) is 6.92 Å². The van der Waals surface area contributed by atoms with Crippen molar-refractivity contribution >= 4 is 16.0 Å². The van der Waals surface area contributed by atoms with Crippen LogP contribution in [0.3, 0.4) is 0 Å². The van der Waals surface area contributed by atoms with Crippen LogP contribution in [0.5, 0.6) is 0 Å². The summed E-state index contributed by atoms with van der Waals surface area (Å²) in [6.07, 6.45) is 3.73. The number of hydrogen-bond acceptors (Lipinski definition) is 4. The molecular formula is C10H19NO4S. The number of ether oxygens (including phenoxy) is 1. The molecule has 0 amide bonds. The number of esters is 1. The largest absolute Gasteiger partial charge is 0.469 e. The van der Waals surface area contributed by atoms with Crippen molar-refractivity contribution < 1.29 is 17.9 Å². The summed E-state index contributed by atoms with van der Waals surface area (Å²) in [6, 6.07) is -0.0123. The maximum absolute atomic E-state index is 11.6. The Balaban J connectivity index is 2.63. The van der Waals surface area contributed by atoms with E-state index >= 15 is 0 Å². The van der Waals surface area contributed by atoms with E-state index in [2.05, 4.69) is 4.74 Å². The molecule has 1 rings (SSSR count). The molecule has 0 aromatic heterocycles. The van der Waals surface area contributed by atoms with Gasteiger partial charge in [0.1, 0.15) is 0 Å². The van der Waals surface area contributed by atoms with Gasteiger partial charge < -0.3 is 4.74 Å². The van der Waals surface area contributed by atoms with Crippen LogP contribution in [0.15, 0.2) is 0 Å². The second-order valence-corrected chi connectivity index (χ2v) is 6.18. The van der Waals surface area contributed by atoms with E-state index in [9.17, 15) is 13.2 Å². The first-order chi connectivity index (χ1) is 7.36. The van der Waals surface area contributed by atoms with Crippen LogP contribution in [0.2, 0.25) is 0 Å². The van der Waals surface area contributed by atoms with E-state index in [4.69, 9.17) is 0 Å². The van der Waals surface area contributed by atoms with Gasteiger partial charge in [0.25, 0.3) is 0 Å². The van der Waals surface area contributed by atoms with Gasteiger partial charge in [0, 0.05) is 18.5 Å². The molecule has 0 bridgehead atoms. The van der Waals surface area contributed by atoms with Gasteiger partial charge >= 0.3 is 5.97 Å². The second-order valence-electron chi connectivity index (χ2n) is 4.29. The summed E-state index contributed by atoms with van der Waals surface area (Å²) in [5.41, 5.74) is 0. The van der Waals surface area contributed by atoms with Crippen molar-refractivity contribution in [2.45, 2.75) is 44.7 Å². The molecule has 0 radical (unpaired) electrons. The van der Waals surface area contributed by atoms with Crippen molar-refractivity contribution in [1.29, 1.82) is 0 Å². The predicted molar refractivity (Wildman–Crippen MR) is 60.4 cm³/mol. The van der Waals surface area contributed by atoms with Gasteiger partial charge in [0.05, 0.1) is 13.4 Å². The molecule has 2 unspecified atom stereocenters. The first kappa shape index (κ1) is 13.4. The van der Waals surface area contributed by atoms with Crippen LogP contribution in [0.1, 0.15) is 32.6 Å². The molecule has 94 valence electrons. The van der Waals surface area contributed by atoms with Crippen molar-refractivity contribution in [3.63, 3.8) is 0 Å². The van der Waals surface area contributed by atoms with Gasteiger partial charge in [-0.15, -0.1) is 0 Å². The normalized spacial score (nSPS) is 26.9. The highest BCUT2D eigenvalue weighted by Crippen LogP contribution is 2.29. The van der Waals surface area contributed by atoms with E-state index in [1.165, 1.54) is 17.7 Å². The molecule has 2 atom stereocenters. The van der Waals surface area contributed by atoms with Gasteiger partial charge in [-0.05, 0) is 26.2 Å². The first-order valence-electron chi connectivity index (χ1n) is 5.41. The van der Waals surface area contributed by atoms with Crippen molar-refractivity contribution in [1.82, 2.24) is 4.31 Å². The second kappa shape index (κ2) is 5.14. The monoisotopic (exact) mass is 249 g/mol. The SMILES string of the molecule is COC(=O)CCC1CCC(C)N1S(C)(=O)=O. The van der Waals surface area contributed by atoms with Crippen LogP contribution in [0.25, 0.3) is 0 Å². The van der Waals surface area contributed by atoms with Crippen molar-refractivity contribution in [2.24, 2.45) is 0 Å². The van der Waals surface area contributed by atoms with Crippen LogP contribution in [0, 0.1) is 0 Å². The Morgan fingerprint density at radius 2 is 2.06 bits per heavy atom. The molecular weight excluding hydrogens is 230 g/mol. The van der Waals surface area contributed by atoms with Crippen LogP contribution in [-0.2, 0) is 19.6 Å². The van der Waals surface area contributed by atoms with Crippen molar-refractivity contribution in [3.05, 3.63) is 0 Å². The molecule has 0 N–H and O–H groups in total. The van der Waals surface area contributed by atoms with Gasteiger partial charge in [-0.2, -0.15) is 4.31 Å². The van der Waals surface area contributed by atoms with E-state index in [-0.39, 0.29) is 24.5 Å². The quantitative estimate of drug-likeness (QED) is 0.690. The molecule has 0 saturated carbocycles. The fourth-order valence-corrected chi connectivity index (χ4v) is 3.82. The van der Waals surface area contributed by atoms with E-state index in [0.717, 1.165) is 12.8 Å². The highest BCUT2D eigenvalue weighted by molar-refractivity contribution is 7.88. The third-order valence-electron chi connectivity index (χ3n) is 3.00. The maximum atomic E-state index is 11.6. The zero-order valence-corrected chi connectivity index (χ0v) is 10.8. The molecule has 1 aliphatic rings. The molecule has 0 aliphatic carbocycles. The molecule has 1 heterocycles. The minimum absolute atomic E-state index is 0.0395. The molecule has 0 aromatic rings. The fourth-order valence-electron chi connectivity index (χ4n) is 2.30. The zero-order chi connectivity index (χ0) is 12.3. The number of carbonyl (C=O) groups excluding carboxylic acids is 1. The lowest BCUT2D eigenvalue weighted by atomic mass is 10.1. The number of carbonyl (C=O) groups is 1. The third kappa shape index (κ3) is 3.18. The van der Waals surface area contributed by atoms with E-state index < -0.39 is 10.0 Å². The minimum Gasteiger partial charge on any atom is -0.469 e. The molecule has 0 aromatic carbocycles. The van der Waals surface area contributed by atoms with Crippen LogP contribution < -0.4 is 0 Å². The van der Waals surface area contributed by atoms with Gasteiger partial charge in [-0.3, -0.25) is 4.79 Å². The molecule has 0 spiro atoms. The Bertz CT molecular complexity index is 352. The van der Waals surface area contributed by atoms with E-state index in [1.54, 1.807) is 0 Å². The van der Waals surface area contributed by atoms with Gasteiger partial charge in [0.2, 0.25) is 10.0 Å². The highest BCUT2D eigenvalue weighted by atomic mass is 32.2. The number of nitrogens with zero attached hydrogens (tertiary/aromatic N) is 1. The Kier molecular flexibility index (Phi) is 4.32. The Labute approximate surface area is 96.8 Å².